The summed E-state index contributed by atoms with van der Waals surface area (Å²) in [5.74, 6) is -1.02. The number of nitrogens with one attached hydrogen (secondary N) is 2. The van der Waals surface area contributed by atoms with Crippen molar-refractivity contribution in [1.82, 2.24) is 15.2 Å². The largest absolute Gasteiger partial charge is 0.279 e. The van der Waals surface area contributed by atoms with Crippen molar-refractivity contribution >= 4 is 44.8 Å². The Balaban J connectivity index is 1.52. The Kier molecular flexibility index (Phi) is 7.18. The molecule has 2 amide bonds. The lowest BCUT2D eigenvalue weighted by Gasteiger charge is -2.30. The van der Waals surface area contributed by atoms with E-state index in [-0.39, 0.29) is 35.7 Å². The maximum Gasteiger partial charge on any atom is 0.279 e. The smallest absolute Gasteiger partial charge is 0.273 e. The van der Waals surface area contributed by atoms with Crippen LogP contribution in [0.25, 0.3) is 0 Å². The van der Waals surface area contributed by atoms with Gasteiger partial charge in [0.05, 0.1) is 9.77 Å². The summed E-state index contributed by atoms with van der Waals surface area (Å²) in [7, 11) is -3.62. The van der Waals surface area contributed by atoms with Gasteiger partial charge in [-0.1, -0.05) is 18.5 Å². The standard InChI is InChI=1S/C20H24ClN3O4S2/c1-3-17-13(2)12-18(29-17)20(26)23-22-19(25)14-8-10-24(11-9-14)30(27,28)16-6-4-15(21)5-7-16/h4-7,12,14H,3,8-11H2,1-2H3,(H,22,25)(H,23,26). The van der Waals surface area contributed by atoms with Gasteiger partial charge in [-0.2, -0.15) is 4.31 Å². The number of sulfonamides is 1. The molecule has 0 saturated carbocycles. The minimum absolute atomic E-state index is 0.180. The third-order valence-electron chi connectivity index (χ3n) is 5.14. The average molecular weight is 470 g/mol. The molecule has 0 aliphatic carbocycles. The molecule has 10 heteroatoms. The van der Waals surface area contributed by atoms with Crippen LogP contribution in [0.3, 0.4) is 0 Å². The van der Waals surface area contributed by atoms with E-state index in [0.717, 1.165) is 16.9 Å². The highest BCUT2D eigenvalue weighted by Crippen LogP contribution is 2.25. The van der Waals surface area contributed by atoms with Crippen LogP contribution in [-0.2, 0) is 21.2 Å². The Morgan fingerprint density at radius 3 is 2.37 bits per heavy atom. The summed E-state index contributed by atoms with van der Waals surface area (Å²) in [5.41, 5.74) is 6.00. The molecule has 0 spiro atoms. The fourth-order valence-corrected chi connectivity index (χ4v) is 5.98. The number of hydrogen-bond donors (Lipinski definition) is 2. The summed E-state index contributed by atoms with van der Waals surface area (Å²) in [6.07, 6.45) is 1.62. The first-order chi connectivity index (χ1) is 14.2. The van der Waals surface area contributed by atoms with E-state index in [1.165, 1.54) is 39.9 Å². The van der Waals surface area contributed by atoms with Crippen LogP contribution in [0.4, 0.5) is 0 Å². The van der Waals surface area contributed by atoms with E-state index in [1.807, 2.05) is 19.9 Å². The summed E-state index contributed by atoms with van der Waals surface area (Å²) < 4.78 is 26.8. The van der Waals surface area contributed by atoms with Crippen LogP contribution in [0.2, 0.25) is 5.02 Å². The number of nitrogens with zero attached hydrogens (tertiary/aromatic N) is 1. The van der Waals surface area contributed by atoms with Gasteiger partial charge in [0, 0.05) is 28.9 Å². The predicted molar refractivity (Wildman–Crippen MR) is 117 cm³/mol. The lowest BCUT2D eigenvalue weighted by atomic mass is 9.98. The van der Waals surface area contributed by atoms with E-state index in [2.05, 4.69) is 10.9 Å². The molecule has 2 N–H and O–H groups in total. The Morgan fingerprint density at radius 2 is 1.80 bits per heavy atom. The van der Waals surface area contributed by atoms with Crippen LogP contribution in [0, 0.1) is 12.8 Å². The van der Waals surface area contributed by atoms with Crippen LogP contribution < -0.4 is 10.9 Å². The van der Waals surface area contributed by atoms with E-state index < -0.39 is 10.0 Å². The number of hydrogen-bond acceptors (Lipinski definition) is 5. The molecule has 1 aromatic carbocycles. The second kappa shape index (κ2) is 9.47. The van der Waals surface area contributed by atoms with E-state index in [0.29, 0.717) is 22.7 Å². The molecular formula is C20H24ClN3O4S2. The highest BCUT2D eigenvalue weighted by Gasteiger charge is 2.32. The van der Waals surface area contributed by atoms with Crippen molar-refractivity contribution in [3.05, 3.63) is 50.7 Å². The lowest BCUT2D eigenvalue weighted by molar-refractivity contribution is -0.126. The molecule has 30 heavy (non-hydrogen) atoms. The third-order valence-corrected chi connectivity index (χ3v) is 8.69. The zero-order chi connectivity index (χ0) is 21.9. The second-order valence-electron chi connectivity index (χ2n) is 7.15. The maximum atomic E-state index is 12.7. The maximum absolute atomic E-state index is 12.7. The first-order valence-electron chi connectivity index (χ1n) is 9.67. The van der Waals surface area contributed by atoms with E-state index >= 15 is 0 Å². The molecule has 3 rings (SSSR count). The van der Waals surface area contributed by atoms with Crippen LogP contribution in [0.5, 0.6) is 0 Å². The van der Waals surface area contributed by atoms with Crippen molar-refractivity contribution in [2.45, 2.75) is 38.0 Å². The van der Waals surface area contributed by atoms with Gasteiger partial charge >= 0.3 is 0 Å². The summed E-state index contributed by atoms with van der Waals surface area (Å²) >= 11 is 7.24. The number of thiophene rings is 1. The van der Waals surface area contributed by atoms with E-state index in [1.54, 1.807) is 0 Å². The van der Waals surface area contributed by atoms with Gasteiger partial charge in [0.2, 0.25) is 15.9 Å². The minimum Gasteiger partial charge on any atom is -0.273 e. The molecule has 0 atom stereocenters. The third kappa shape index (κ3) is 5.03. The van der Waals surface area contributed by atoms with Crippen molar-refractivity contribution in [3.63, 3.8) is 0 Å². The van der Waals surface area contributed by atoms with Crippen LogP contribution in [0.1, 0.15) is 39.9 Å². The predicted octanol–water partition coefficient (Wildman–Crippen LogP) is 3.13. The molecule has 0 bridgehead atoms. The highest BCUT2D eigenvalue weighted by molar-refractivity contribution is 7.89. The van der Waals surface area contributed by atoms with Crippen molar-refractivity contribution in [3.8, 4) is 0 Å². The van der Waals surface area contributed by atoms with E-state index in [9.17, 15) is 18.0 Å². The fraction of sp³-hybridized carbons (Fsp3) is 0.400. The van der Waals surface area contributed by atoms with Gasteiger partial charge in [0.15, 0.2) is 0 Å². The molecule has 1 aromatic heterocycles. The van der Waals surface area contributed by atoms with Gasteiger partial charge in [-0.3, -0.25) is 20.4 Å². The Bertz CT molecular complexity index is 1030. The lowest BCUT2D eigenvalue weighted by Crippen LogP contribution is -2.48. The quantitative estimate of drug-likeness (QED) is 0.657. The van der Waals surface area contributed by atoms with Crippen molar-refractivity contribution in [1.29, 1.82) is 0 Å². The summed E-state index contributed by atoms with van der Waals surface area (Å²) in [6, 6.07) is 7.83. The Hall–Kier alpha value is -1.94. The topological polar surface area (TPSA) is 95.6 Å². The molecule has 2 heterocycles. The summed E-state index contributed by atoms with van der Waals surface area (Å²) in [5, 5.41) is 0.468. The van der Waals surface area contributed by atoms with Gasteiger partial charge in [0.1, 0.15) is 0 Å². The normalized spacial score (nSPS) is 15.7. The molecule has 1 fully saturated rings. The van der Waals surface area contributed by atoms with Crippen molar-refractivity contribution in [2.75, 3.05) is 13.1 Å². The average Bonchev–Trinajstić information content (AvgIpc) is 3.13. The molecule has 0 unspecified atom stereocenters. The number of carbonyl (C=O) groups excluding carboxylic acids is 2. The monoisotopic (exact) mass is 469 g/mol. The fourth-order valence-electron chi connectivity index (χ4n) is 3.38. The molecular weight excluding hydrogens is 446 g/mol. The Morgan fingerprint density at radius 1 is 1.17 bits per heavy atom. The van der Waals surface area contributed by atoms with Gasteiger partial charge in [-0.25, -0.2) is 8.42 Å². The zero-order valence-corrected chi connectivity index (χ0v) is 19.2. The minimum atomic E-state index is -3.62. The molecule has 2 aromatic rings. The van der Waals surface area contributed by atoms with Gasteiger partial charge in [-0.05, 0) is 62.1 Å². The number of piperidine rings is 1. The number of amides is 2. The van der Waals surface area contributed by atoms with Crippen molar-refractivity contribution in [2.24, 2.45) is 5.92 Å². The number of benzene rings is 1. The van der Waals surface area contributed by atoms with Gasteiger partial charge < -0.3 is 0 Å². The highest BCUT2D eigenvalue weighted by atomic mass is 35.5. The first kappa shape index (κ1) is 22.7. The number of halogens is 1. The molecule has 1 saturated heterocycles. The molecule has 162 valence electrons. The summed E-state index contributed by atoms with van der Waals surface area (Å²) in [4.78, 5) is 26.6. The molecule has 7 nitrogen and oxygen atoms in total. The first-order valence-corrected chi connectivity index (χ1v) is 12.3. The van der Waals surface area contributed by atoms with Crippen molar-refractivity contribution < 1.29 is 18.0 Å². The van der Waals surface area contributed by atoms with Gasteiger partial charge in [-0.15, -0.1) is 11.3 Å². The number of carbonyl (C=O) groups is 2. The zero-order valence-electron chi connectivity index (χ0n) is 16.8. The number of hydrazine groups is 1. The van der Waals surface area contributed by atoms with Crippen LogP contribution >= 0.6 is 22.9 Å². The van der Waals surface area contributed by atoms with Gasteiger partial charge in [0.25, 0.3) is 5.91 Å². The molecule has 1 aliphatic heterocycles. The van der Waals surface area contributed by atoms with Crippen LogP contribution in [-0.4, -0.2) is 37.6 Å². The Labute approximate surface area is 185 Å². The molecule has 1 aliphatic rings. The van der Waals surface area contributed by atoms with E-state index in [4.69, 9.17) is 11.6 Å². The van der Waals surface area contributed by atoms with Crippen LogP contribution in [0.15, 0.2) is 35.2 Å². The molecule has 0 radical (unpaired) electrons. The number of aryl methyl sites for hydroxylation is 2. The SMILES string of the molecule is CCc1sc(C(=O)NNC(=O)C2CCN(S(=O)(=O)c3ccc(Cl)cc3)CC2)cc1C. The summed E-state index contributed by atoms with van der Waals surface area (Å²) in [6.45, 7) is 4.46. The second-order valence-corrected chi connectivity index (χ2v) is 10.7. The number of rotatable bonds is 5.